The second-order valence-electron chi connectivity index (χ2n) is 7.61. The van der Waals surface area contributed by atoms with Crippen molar-refractivity contribution in [1.29, 1.82) is 0 Å². The number of halogens is 1. The monoisotopic (exact) mass is 492 g/mol. The van der Waals surface area contributed by atoms with Gasteiger partial charge in [0.15, 0.2) is 11.0 Å². The Bertz CT molecular complexity index is 1250. The van der Waals surface area contributed by atoms with Gasteiger partial charge in [-0.25, -0.2) is 4.99 Å². The van der Waals surface area contributed by atoms with Crippen LogP contribution in [0.2, 0.25) is 5.02 Å². The van der Waals surface area contributed by atoms with Crippen molar-refractivity contribution >= 4 is 57.5 Å². The number of amides is 2. The summed E-state index contributed by atoms with van der Waals surface area (Å²) in [4.78, 5) is 48.1. The number of thioether (sulfide) groups is 1. The molecular weight excluding hydrogens is 472 g/mol. The zero-order chi connectivity index (χ0) is 24.1. The number of carbonyl (C=O) groups is 3. The van der Waals surface area contributed by atoms with Gasteiger partial charge in [0.1, 0.15) is 5.25 Å². The van der Waals surface area contributed by atoms with Gasteiger partial charge in [-0.3, -0.25) is 24.3 Å². The summed E-state index contributed by atoms with van der Waals surface area (Å²) < 4.78 is 0. The molecule has 1 unspecified atom stereocenters. The molecule has 2 amide bonds. The molecule has 1 aliphatic rings. The summed E-state index contributed by atoms with van der Waals surface area (Å²) in [5, 5.41) is 3.23. The first-order valence-corrected chi connectivity index (χ1v) is 11.8. The Morgan fingerprint density at radius 1 is 1.12 bits per heavy atom. The Labute approximate surface area is 206 Å². The fourth-order valence-corrected chi connectivity index (χ4v) is 4.63. The Morgan fingerprint density at radius 2 is 1.91 bits per heavy atom. The molecule has 1 aliphatic heterocycles. The molecule has 3 aromatic rings. The van der Waals surface area contributed by atoms with E-state index in [-0.39, 0.29) is 30.6 Å². The van der Waals surface area contributed by atoms with Crippen molar-refractivity contribution in [3.8, 4) is 0 Å². The first-order chi connectivity index (χ1) is 16.4. The first kappa shape index (κ1) is 23.7. The molecule has 1 atom stereocenters. The van der Waals surface area contributed by atoms with Gasteiger partial charge in [0.25, 0.3) is 0 Å². The second kappa shape index (κ2) is 10.6. The number of Topliss-reactive ketones (excluding diaryl/α,β-unsaturated/α-hetero) is 1. The van der Waals surface area contributed by atoms with E-state index in [4.69, 9.17) is 11.6 Å². The van der Waals surface area contributed by atoms with Crippen LogP contribution in [-0.2, 0) is 16.1 Å². The third kappa shape index (κ3) is 5.89. The van der Waals surface area contributed by atoms with Gasteiger partial charge in [-0.2, -0.15) is 0 Å². The summed E-state index contributed by atoms with van der Waals surface area (Å²) in [7, 11) is 0. The molecule has 0 radical (unpaired) electrons. The topological polar surface area (TPSA) is 91.7 Å². The minimum Gasteiger partial charge on any atom is -0.326 e. The Morgan fingerprint density at radius 3 is 2.62 bits per heavy atom. The number of pyridine rings is 1. The molecule has 0 saturated carbocycles. The van der Waals surface area contributed by atoms with Crippen LogP contribution >= 0.6 is 23.4 Å². The number of ketones is 1. The highest BCUT2D eigenvalue weighted by molar-refractivity contribution is 8.15. The van der Waals surface area contributed by atoms with Crippen LogP contribution in [-0.4, -0.2) is 37.9 Å². The maximum Gasteiger partial charge on any atom is 0.243 e. The molecule has 34 heavy (non-hydrogen) atoms. The standard InChI is InChI=1S/C25H21ClN4O3S/c1-16(31)17-5-4-7-20(13-17)28-23(32)14-22-24(33)30(15-21-6-2-3-12-27-21)25(34-22)29-19-10-8-18(26)9-11-19/h2-13,22H,14-15H2,1H3,(H,28,32). The zero-order valence-corrected chi connectivity index (χ0v) is 19.8. The Balaban J connectivity index is 1.52. The number of anilines is 1. The number of amidine groups is 1. The molecule has 4 rings (SSSR count). The molecule has 1 saturated heterocycles. The lowest BCUT2D eigenvalue weighted by Gasteiger charge is -2.16. The van der Waals surface area contributed by atoms with Crippen molar-refractivity contribution in [2.75, 3.05) is 5.32 Å². The van der Waals surface area contributed by atoms with Crippen molar-refractivity contribution in [3.63, 3.8) is 0 Å². The highest BCUT2D eigenvalue weighted by Gasteiger charge is 2.39. The molecule has 2 heterocycles. The number of rotatable bonds is 7. The van der Waals surface area contributed by atoms with Crippen LogP contribution < -0.4 is 5.32 Å². The van der Waals surface area contributed by atoms with Gasteiger partial charge in [-0.05, 0) is 55.5 Å². The van der Waals surface area contributed by atoms with E-state index in [1.165, 1.54) is 18.7 Å². The molecule has 0 spiro atoms. The molecule has 1 N–H and O–H groups in total. The smallest absolute Gasteiger partial charge is 0.243 e. The molecule has 1 fully saturated rings. The number of hydrogen-bond donors (Lipinski definition) is 1. The van der Waals surface area contributed by atoms with Crippen LogP contribution in [0, 0.1) is 0 Å². The van der Waals surface area contributed by atoms with Gasteiger partial charge >= 0.3 is 0 Å². The van der Waals surface area contributed by atoms with Crippen LogP contribution in [0.5, 0.6) is 0 Å². The molecule has 172 valence electrons. The minimum absolute atomic E-state index is 0.0356. The van der Waals surface area contributed by atoms with Gasteiger partial charge in [0.05, 0.1) is 17.9 Å². The van der Waals surface area contributed by atoms with Crippen LogP contribution in [0.4, 0.5) is 11.4 Å². The van der Waals surface area contributed by atoms with Crippen molar-refractivity contribution in [2.45, 2.75) is 25.1 Å². The normalized spacial score (nSPS) is 16.6. The van der Waals surface area contributed by atoms with Crippen molar-refractivity contribution in [3.05, 3.63) is 89.2 Å². The largest absolute Gasteiger partial charge is 0.326 e. The van der Waals surface area contributed by atoms with E-state index >= 15 is 0 Å². The quantitative estimate of drug-likeness (QED) is 0.463. The number of carbonyl (C=O) groups excluding carboxylic acids is 3. The lowest BCUT2D eigenvalue weighted by atomic mass is 10.1. The highest BCUT2D eigenvalue weighted by atomic mass is 35.5. The highest BCUT2D eigenvalue weighted by Crippen LogP contribution is 2.33. The lowest BCUT2D eigenvalue weighted by Crippen LogP contribution is -2.33. The molecule has 0 bridgehead atoms. The SMILES string of the molecule is CC(=O)c1cccc(NC(=O)CC2SC(=Nc3ccc(Cl)cc3)N(Cc3ccccn3)C2=O)c1. The second-order valence-corrected chi connectivity index (χ2v) is 9.22. The average Bonchev–Trinajstić information content (AvgIpc) is 3.10. The van der Waals surface area contributed by atoms with E-state index in [1.54, 1.807) is 65.7 Å². The van der Waals surface area contributed by atoms with E-state index in [0.717, 1.165) is 0 Å². The molecule has 9 heteroatoms. The van der Waals surface area contributed by atoms with E-state index < -0.39 is 5.25 Å². The van der Waals surface area contributed by atoms with E-state index in [9.17, 15) is 14.4 Å². The summed E-state index contributed by atoms with van der Waals surface area (Å²) in [6.45, 7) is 1.71. The third-order valence-corrected chi connectivity index (χ3v) is 6.47. The van der Waals surface area contributed by atoms with E-state index in [1.807, 2.05) is 12.1 Å². The number of benzene rings is 2. The fourth-order valence-electron chi connectivity index (χ4n) is 3.35. The van der Waals surface area contributed by atoms with Gasteiger partial charge < -0.3 is 5.32 Å². The predicted octanol–water partition coefficient (Wildman–Crippen LogP) is 5.10. The predicted molar refractivity (Wildman–Crippen MR) is 134 cm³/mol. The van der Waals surface area contributed by atoms with Crippen molar-refractivity contribution < 1.29 is 14.4 Å². The molecule has 1 aromatic heterocycles. The molecule has 2 aromatic carbocycles. The summed E-state index contributed by atoms with van der Waals surface area (Å²) in [5.74, 6) is -0.626. The number of nitrogens with zero attached hydrogens (tertiary/aromatic N) is 3. The minimum atomic E-state index is -0.634. The van der Waals surface area contributed by atoms with Crippen LogP contribution in [0.3, 0.4) is 0 Å². The first-order valence-electron chi connectivity index (χ1n) is 10.5. The number of aromatic nitrogens is 1. The van der Waals surface area contributed by atoms with Crippen LogP contribution in [0.25, 0.3) is 0 Å². The third-order valence-electron chi connectivity index (χ3n) is 5.04. The summed E-state index contributed by atoms with van der Waals surface area (Å²) in [6.07, 6.45) is 1.63. The van der Waals surface area contributed by atoms with Crippen LogP contribution in [0.15, 0.2) is 77.9 Å². The van der Waals surface area contributed by atoms with Crippen LogP contribution in [0.1, 0.15) is 29.4 Å². The lowest BCUT2D eigenvalue weighted by molar-refractivity contribution is -0.128. The van der Waals surface area contributed by atoms with E-state index in [2.05, 4.69) is 15.3 Å². The van der Waals surface area contributed by atoms with E-state index in [0.29, 0.717) is 32.8 Å². The fraction of sp³-hybridized carbons (Fsp3) is 0.160. The van der Waals surface area contributed by atoms with Crippen molar-refractivity contribution in [1.82, 2.24) is 9.88 Å². The average molecular weight is 493 g/mol. The maximum absolute atomic E-state index is 13.2. The van der Waals surface area contributed by atoms with Gasteiger partial charge in [-0.15, -0.1) is 0 Å². The summed E-state index contributed by atoms with van der Waals surface area (Å²) in [6, 6.07) is 19.2. The summed E-state index contributed by atoms with van der Waals surface area (Å²) >= 11 is 7.21. The number of nitrogens with one attached hydrogen (secondary N) is 1. The molecular formula is C25H21ClN4O3S. The van der Waals surface area contributed by atoms with Gasteiger partial charge in [0, 0.05) is 28.9 Å². The zero-order valence-electron chi connectivity index (χ0n) is 18.3. The maximum atomic E-state index is 13.2. The van der Waals surface area contributed by atoms with Crippen molar-refractivity contribution in [2.24, 2.45) is 4.99 Å². The Kier molecular flexibility index (Phi) is 7.40. The number of hydrogen-bond acceptors (Lipinski definition) is 6. The summed E-state index contributed by atoms with van der Waals surface area (Å²) in [5.41, 5.74) is 2.37. The van der Waals surface area contributed by atoms with Gasteiger partial charge in [0.2, 0.25) is 11.8 Å². The molecule has 0 aliphatic carbocycles. The molecule has 7 nitrogen and oxygen atoms in total. The number of aliphatic imine (C=N–C) groups is 1. The van der Waals surface area contributed by atoms with Gasteiger partial charge in [-0.1, -0.05) is 41.6 Å². The Hall–Kier alpha value is -3.49.